The summed E-state index contributed by atoms with van der Waals surface area (Å²) in [6.45, 7) is 2.16. The average Bonchev–Trinajstić information content (AvgIpc) is 1.30. The summed E-state index contributed by atoms with van der Waals surface area (Å²) in [7, 11) is 0. The van der Waals surface area contributed by atoms with E-state index < -0.39 is 3.31 Å². The van der Waals surface area contributed by atoms with Crippen LogP contribution in [-0.2, 0) is 4.43 Å². The van der Waals surface area contributed by atoms with Gasteiger partial charge in [-0.1, -0.05) is 66.2 Å². The van der Waals surface area contributed by atoms with E-state index in [0.717, 1.165) is 4.61 Å². The Kier molecular flexibility index (Phi) is 5.65. The van der Waals surface area contributed by atoms with Gasteiger partial charge in [0.15, 0.2) is 0 Å². The first-order chi connectivity index (χ1) is 3.06. The summed E-state index contributed by atoms with van der Waals surface area (Å²) in [4.78, 5) is 0. The van der Waals surface area contributed by atoms with E-state index >= 15 is 0 Å². The maximum Gasteiger partial charge on any atom is 0.322 e. The largest absolute Gasteiger partial charge is 0.390 e. The first-order valence-electron chi connectivity index (χ1n) is 1.64. The zero-order chi connectivity index (χ0) is 5.91. The molecule has 0 heterocycles. The lowest BCUT2D eigenvalue weighted by atomic mass is 11.8. The van der Waals surface area contributed by atoms with Gasteiger partial charge < -0.3 is 4.43 Å². The Hall–Kier alpha value is 2.37. The van der Waals surface area contributed by atoms with Crippen LogP contribution in [0.15, 0.2) is 0 Å². The van der Waals surface area contributed by atoms with Crippen molar-refractivity contribution in [2.75, 3.05) is 4.61 Å². The van der Waals surface area contributed by atoms with Crippen LogP contribution in [-0.4, -0.2) is 7.92 Å². The molecule has 5 heteroatoms. The van der Waals surface area contributed by atoms with Gasteiger partial charge in [0.2, 0.25) is 0 Å². The van der Waals surface area contributed by atoms with E-state index in [1.807, 2.05) is 0 Å². The predicted octanol–water partition coefficient (Wildman–Crippen LogP) is 2.83. The lowest BCUT2D eigenvalue weighted by Crippen LogP contribution is -2.15. The molecule has 0 bridgehead atoms. The lowest BCUT2D eigenvalue weighted by molar-refractivity contribution is 0.430. The fourth-order valence-electron chi connectivity index (χ4n) is 0.0958. The minimum Gasteiger partial charge on any atom is -0.390 e. The quantitative estimate of drug-likeness (QED) is 0.270. The van der Waals surface area contributed by atoms with Gasteiger partial charge in [0, 0.05) is 0 Å². The summed E-state index contributed by atoms with van der Waals surface area (Å²) in [5.41, 5.74) is 0. The summed E-state index contributed by atoms with van der Waals surface area (Å²) < 4.78 is 4.93. The Bertz CT molecular complexity index is 51.4. The second kappa shape index (κ2) is 4.23. The molecule has 7 heavy (non-hydrogen) atoms. The third-order valence-electron chi connectivity index (χ3n) is 0.308. The summed E-state index contributed by atoms with van der Waals surface area (Å²) >= 11 is 6.97. The highest BCUT2D eigenvalue weighted by Crippen LogP contribution is 2.22. The molecule has 0 unspecified atom stereocenters. The first-order valence-corrected chi connectivity index (χ1v) is 11.8. The number of halogens is 3. The Morgan fingerprint density at radius 3 is 2.00 bits per heavy atom. The molecule has 0 N–H and O–H groups in total. The van der Waals surface area contributed by atoms with Crippen molar-refractivity contribution >= 4 is 69.5 Å². The Balaban J connectivity index is 3.15. The highest BCUT2D eigenvalue weighted by molar-refractivity contribution is 14.3. The number of hydrogen-bond donors (Lipinski definition) is 0. The smallest absolute Gasteiger partial charge is 0.322 e. The van der Waals surface area contributed by atoms with E-state index in [9.17, 15) is 0 Å². The van der Waals surface area contributed by atoms with Crippen LogP contribution in [0.1, 0.15) is 0 Å². The summed E-state index contributed by atoms with van der Waals surface area (Å²) in [5, 5.41) is 0. The number of hydrogen-bond acceptors (Lipinski definition) is 1. The Labute approximate surface area is 83.7 Å². The van der Waals surface area contributed by atoms with E-state index in [2.05, 4.69) is 72.7 Å². The van der Waals surface area contributed by atoms with Gasteiger partial charge in [-0.05, 0) is 6.55 Å². The van der Waals surface area contributed by atoms with Gasteiger partial charge in [0.05, 0.1) is 4.61 Å². The highest BCUT2D eigenvalue weighted by Gasteiger charge is 2.18. The third kappa shape index (κ3) is 8.37. The molecule has 0 aromatic heterocycles. The van der Waals surface area contributed by atoms with Crippen molar-refractivity contribution < 1.29 is 4.43 Å². The molecule has 0 rings (SSSR count). The Morgan fingerprint density at radius 2 is 2.00 bits per heavy atom. The van der Waals surface area contributed by atoms with Crippen molar-refractivity contribution in [2.24, 2.45) is 0 Å². The predicted molar refractivity (Wildman–Crippen MR) is 59.6 cm³/mol. The summed E-state index contributed by atoms with van der Waals surface area (Å²) in [6.07, 6.45) is 0. The molecule has 44 valence electrons. The van der Waals surface area contributed by atoms with Crippen LogP contribution in [0.5, 0.6) is 0 Å². The first kappa shape index (κ1) is 9.37. The molecule has 1 nitrogen and oxygen atoms in total. The second-order valence-electron chi connectivity index (χ2n) is 1.06. The van der Waals surface area contributed by atoms with Crippen LogP contribution in [0.4, 0.5) is 0 Å². The number of rotatable bonds is 2. The van der Waals surface area contributed by atoms with E-state index in [1.54, 1.807) is 0 Å². The van der Waals surface area contributed by atoms with Crippen molar-refractivity contribution in [3.05, 3.63) is 0 Å². The Morgan fingerprint density at radius 1 is 1.57 bits per heavy atom. The minimum absolute atomic E-state index is 0.826. The SMILES string of the molecule is C[Si](I)(I)OCI. The fourth-order valence-corrected chi connectivity index (χ4v) is 6.67. The second-order valence-corrected chi connectivity index (χ2v) is 22.1. The molecular formula is C2H5I3OSi. The standard InChI is InChI=1S/C2H5I3OSi/c1-7(4,5)6-2-3/h2H2,1H3. The van der Waals surface area contributed by atoms with E-state index in [1.165, 1.54) is 0 Å². The molecule has 0 fully saturated rings. The van der Waals surface area contributed by atoms with E-state index in [-0.39, 0.29) is 0 Å². The van der Waals surface area contributed by atoms with Gasteiger partial charge in [-0.15, -0.1) is 0 Å². The van der Waals surface area contributed by atoms with Gasteiger partial charge in [-0.2, -0.15) is 0 Å². The fraction of sp³-hybridized carbons (Fsp3) is 1.00. The zero-order valence-corrected chi connectivity index (χ0v) is 11.2. The third-order valence-corrected chi connectivity index (χ3v) is 3.73. The normalized spacial score (nSPS) is 12.0. The van der Waals surface area contributed by atoms with Crippen LogP contribution < -0.4 is 0 Å². The molecule has 0 radical (unpaired) electrons. The van der Waals surface area contributed by atoms with Crippen molar-refractivity contribution in [3.8, 4) is 0 Å². The van der Waals surface area contributed by atoms with Crippen LogP contribution in [0.25, 0.3) is 0 Å². The van der Waals surface area contributed by atoms with Crippen molar-refractivity contribution in [2.45, 2.75) is 6.55 Å². The molecule has 0 amide bonds. The van der Waals surface area contributed by atoms with Crippen molar-refractivity contribution in [1.82, 2.24) is 0 Å². The van der Waals surface area contributed by atoms with Gasteiger partial charge in [-0.25, -0.2) is 0 Å². The van der Waals surface area contributed by atoms with Crippen LogP contribution in [0.2, 0.25) is 6.55 Å². The maximum atomic E-state index is 5.33. The average molecular weight is 454 g/mol. The molecule has 0 aromatic rings. The monoisotopic (exact) mass is 454 g/mol. The van der Waals surface area contributed by atoms with Crippen molar-refractivity contribution in [3.63, 3.8) is 0 Å². The zero-order valence-electron chi connectivity index (χ0n) is 3.75. The summed E-state index contributed by atoms with van der Waals surface area (Å²) in [6, 6.07) is 0. The van der Waals surface area contributed by atoms with Gasteiger partial charge in [0.25, 0.3) is 0 Å². The highest BCUT2D eigenvalue weighted by atomic mass is 127. The molecule has 0 saturated carbocycles. The van der Waals surface area contributed by atoms with E-state index in [0.29, 0.717) is 0 Å². The van der Waals surface area contributed by atoms with E-state index in [4.69, 9.17) is 4.43 Å². The van der Waals surface area contributed by atoms with Gasteiger partial charge >= 0.3 is 3.31 Å². The lowest BCUT2D eigenvalue weighted by Gasteiger charge is -2.08. The molecule has 0 aliphatic carbocycles. The molecule has 0 aliphatic heterocycles. The molecule has 0 aromatic carbocycles. The topological polar surface area (TPSA) is 9.23 Å². The summed E-state index contributed by atoms with van der Waals surface area (Å²) in [5.74, 6) is 0. The van der Waals surface area contributed by atoms with Crippen molar-refractivity contribution in [1.29, 1.82) is 0 Å². The van der Waals surface area contributed by atoms with Gasteiger partial charge in [0.1, 0.15) is 0 Å². The minimum atomic E-state index is -1.22. The molecular weight excluding hydrogens is 449 g/mol. The van der Waals surface area contributed by atoms with Gasteiger partial charge in [-0.3, -0.25) is 0 Å². The maximum absolute atomic E-state index is 5.33. The number of alkyl halides is 1. The van der Waals surface area contributed by atoms with Crippen LogP contribution in [0.3, 0.4) is 0 Å². The molecule has 0 saturated heterocycles. The molecule has 0 aliphatic rings. The van der Waals surface area contributed by atoms with Crippen LogP contribution >= 0.6 is 66.2 Å². The molecule has 0 spiro atoms. The van der Waals surface area contributed by atoms with Crippen LogP contribution in [0, 0.1) is 0 Å². The molecule has 0 atom stereocenters.